The quantitative estimate of drug-likeness (QED) is 0.394. The van der Waals surface area contributed by atoms with Crippen LogP contribution in [0, 0.1) is 0 Å². The topological polar surface area (TPSA) is 0 Å². The molecule has 0 N–H and O–H groups in total. The molecule has 0 aliphatic rings. The van der Waals surface area contributed by atoms with Crippen molar-refractivity contribution in [3.05, 3.63) is 0 Å². The fourth-order valence-corrected chi connectivity index (χ4v) is 1.91. The Morgan fingerprint density at radius 3 is 2.33 bits per heavy atom. The Balaban J connectivity index is 2.60. The van der Waals surface area contributed by atoms with Crippen LogP contribution in [0.4, 0.5) is 0 Å². The molecule has 0 unspecified atom stereocenters. The first kappa shape index (κ1) is 9.53. The Morgan fingerprint density at radius 1 is 1.00 bits per heavy atom. The summed E-state index contributed by atoms with van der Waals surface area (Å²) in [6, 6.07) is 0. The molecule has 0 saturated carbocycles. The van der Waals surface area contributed by atoms with Gasteiger partial charge in [-0.05, 0) is 0 Å². The Labute approximate surface area is 65.7 Å². The van der Waals surface area contributed by atoms with Gasteiger partial charge in [0.25, 0.3) is 0 Å². The molecule has 9 heavy (non-hydrogen) atoms. The second-order valence-corrected chi connectivity index (χ2v) is 4.52. The van der Waals surface area contributed by atoms with Crippen molar-refractivity contribution in [2.24, 2.45) is 0 Å². The Bertz CT molecular complexity index is 37.8. The van der Waals surface area contributed by atoms with Gasteiger partial charge in [0.05, 0.1) is 0 Å². The molecule has 0 radical (unpaired) electrons. The zero-order valence-electron chi connectivity index (χ0n) is 6.82. The summed E-state index contributed by atoms with van der Waals surface area (Å²) in [4.78, 5) is 0. The molecule has 0 bridgehead atoms. The first-order valence-electron chi connectivity index (χ1n) is 4.23. The third-order valence-corrected chi connectivity index (χ3v) is 2.94. The molecular formula is C8H18Al+. The number of hydrogen-bond acceptors (Lipinski definition) is 0. The molecule has 52 valence electrons. The van der Waals surface area contributed by atoms with Gasteiger partial charge >= 0.3 is 65.3 Å². The molecule has 0 spiro atoms. The van der Waals surface area contributed by atoms with Crippen LogP contribution in [0.2, 0.25) is 10.6 Å². The second kappa shape index (κ2) is 8.53. The van der Waals surface area contributed by atoms with E-state index >= 15 is 0 Å². The van der Waals surface area contributed by atoms with E-state index in [4.69, 9.17) is 0 Å². The van der Waals surface area contributed by atoms with Crippen molar-refractivity contribution < 1.29 is 0 Å². The van der Waals surface area contributed by atoms with Crippen LogP contribution in [0.15, 0.2) is 0 Å². The molecule has 0 aromatic heterocycles. The molecule has 0 nitrogen and oxygen atoms in total. The van der Waals surface area contributed by atoms with Gasteiger partial charge in [-0.1, -0.05) is 0 Å². The van der Waals surface area contributed by atoms with E-state index in [1.807, 2.05) is 0 Å². The van der Waals surface area contributed by atoms with E-state index in [0.717, 1.165) is 15.2 Å². The van der Waals surface area contributed by atoms with Crippen molar-refractivity contribution >= 4 is 15.2 Å². The van der Waals surface area contributed by atoms with Gasteiger partial charge in [0, 0.05) is 0 Å². The summed E-state index contributed by atoms with van der Waals surface area (Å²) in [5.41, 5.74) is 0. The van der Waals surface area contributed by atoms with Crippen LogP contribution in [0.1, 0.15) is 39.5 Å². The van der Waals surface area contributed by atoms with Crippen LogP contribution >= 0.6 is 0 Å². The minimum absolute atomic E-state index is 0.810. The molecule has 0 saturated heterocycles. The van der Waals surface area contributed by atoms with Gasteiger partial charge in [0.2, 0.25) is 0 Å². The average Bonchev–Trinajstić information content (AvgIpc) is 1.89. The van der Waals surface area contributed by atoms with Crippen molar-refractivity contribution in [3.8, 4) is 0 Å². The number of hydrogen-bond donors (Lipinski definition) is 0. The first-order chi connectivity index (χ1) is 4.41. The summed E-state index contributed by atoms with van der Waals surface area (Å²) in [6.45, 7) is 4.57. The number of rotatable bonds is 6. The average molecular weight is 141 g/mol. The molecule has 0 fully saturated rings. The van der Waals surface area contributed by atoms with Crippen LogP contribution in [0.3, 0.4) is 0 Å². The van der Waals surface area contributed by atoms with Gasteiger partial charge in [-0.2, -0.15) is 0 Å². The van der Waals surface area contributed by atoms with Crippen molar-refractivity contribution in [1.82, 2.24) is 0 Å². The van der Waals surface area contributed by atoms with Crippen molar-refractivity contribution in [2.75, 3.05) is 0 Å². The fourth-order valence-electron chi connectivity index (χ4n) is 0.920. The molecule has 1 heteroatoms. The monoisotopic (exact) mass is 141 g/mol. The summed E-state index contributed by atoms with van der Waals surface area (Å²) >= 11 is 0.810. The maximum atomic E-state index is 2.30. The van der Waals surface area contributed by atoms with Crippen LogP contribution in [-0.4, -0.2) is 15.2 Å². The van der Waals surface area contributed by atoms with Crippen molar-refractivity contribution in [2.45, 2.75) is 50.1 Å². The number of unbranched alkanes of at least 4 members (excludes halogenated alkanes) is 3. The van der Waals surface area contributed by atoms with Gasteiger partial charge in [-0.15, -0.1) is 0 Å². The summed E-state index contributed by atoms with van der Waals surface area (Å²) < 4.78 is 0. The predicted octanol–water partition coefficient (Wildman–Crippen LogP) is 3.13. The predicted molar refractivity (Wildman–Crippen MR) is 45.2 cm³/mol. The summed E-state index contributed by atoms with van der Waals surface area (Å²) in [6.07, 6.45) is 5.80. The Kier molecular flexibility index (Phi) is 9.04. The molecule has 0 amide bonds. The maximum absolute atomic E-state index is 2.30. The Hall–Kier alpha value is 0.532. The van der Waals surface area contributed by atoms with E-state index in [0.29, 0.717) is 0 Å². The SMILES string of the molecule is CCCCC[CH2][Al+][CH2]C. The van der Waals surface area contributed by atoms with Crippen molar-refractivity contribution in [1.29, 1.82) is 0 Å². The van der Waals surface area contributed by atoms with Crippen molar-refractivity contribution in [3.63, 3.8) is 0 Å². The van der Waals surface area contributed by atoms with Crippen LogP contribution in [0.5, 0.6) is 0 Å². The molecule has 0 aromatic carbocycles. The molecule has 0 heterocycles. The molecule has 0 rings (SSSR count). The molecular weight excluding hydrogens is 123 g/mol. The van der Waals surface area contributed by atoms with E-state index < -0.39 is 0 Å². The van der Waals surface area contributed by atoms with E-state index in [9.17, 15) is 0 Å². The summed E-state index contributed by atoms with van der Waals surface area (Å²) in [5.74, 6) is 0. The van der Waals surface area contributed by atoms with E-state index in [1.54, 1.807) is 0 Å². The third-order valence-electron chi connectivity index (χ3n) is 1.55. The second-order valence-electron chi connectivity index (χ2n) is 2.55. The van der Waals surface area contributed by atoms with E-state index in [2.05, 4.69) is 13.8 Å². The van der Waals surface area contributed by atoms with Gasteiger partial charge in [-0.25, -0.2) is 0 Å². The summed E-state index contributed by atoms with van der Waals surface area (Å²) in [5, 5.41) is 2.99. The normalized spacial score (nSPS) is 9.11. The molecule has 0 aliphatic carbocycles. The Morgan fingerprint density at radius 2 is 1.78 bits per heavy atom. The molecule has 0 atom stereocenters. The fraction of sp³-hybridized carbons (Fsp3) is 1.00. The van der Waals surface area contributed by atoms with E-state index in [1.165, 1.54) is 36.2 Å². The molecule has 0 aliphatic heterocycles. The van der Waals surface area contributed by atoms with Crippen LogP contribution in [0.25, 0.3) is 0 Å². The standard InChI is InChI=1S/C6H13.C2H5.Al/c1-3-5-6-4-2;1-2;/h1,3-6H2,2H3;1H2,2H3;/q;;+1. The molecule has 0 aromatic rings. The first-order valence-corrected chi connectivity index (χ1v) is 5.86. The zero-order valence-corrected chi connectivity index (χ0v) is 7.97. The van der Waals surface area contributed by atoms with Gasteiger partial charge < -0.3 is 0 Å². The zero-order chi connectivity index (χ0) is 6.95. The van der Waals surface area contributed by atoms with Crippen LogP contribution < -0.4 is 0 Å². The van der Waals surface area contributed by atoms with Gasteiger partial charge in [0.1, 0.15) is 0 Å². The van der Waals surface area contributed by atoms with E-state index in [-0.39, 0.29) is 0 Å². The van der Waals surface area contributed by atoms with Crippen LogP contribution in [-0.2, 0) is 0 Å². The summed E-state index contributed by atoms with van der Waals surface area (Å²) in [7, 11) is 0. The van der Waals surface area contributed by atoms with Gasteiger partial charge in [0.15, 0.2) is 0 Å². The van der Waals surface area contributed by atoms with Gasteiger partial charge in [-0.3, -0.25) is 0 Å². The third kappa shape index (κ3) is 8.53. The minimum atomic E-state index is 0.810.